The van der Waals surface area contributed by atoms with E-state index in [4.69, 9.17) is 4.74 Å². The highest BCUT2D eigenvalue weighted by Crippen LogP contribution is 2.28. The lowest BCUT2D eigenvalue weighted by molar-refractivity contribution is -0.133. The molecular weight excluding hydrogens is 380 g/mol. The summed E-state index contributed by atoms with van der Waals surface area (Å²) in [6.07, 6.45) is 5.17. The molecular formula is C16H21N2O6S2-. The molecule has 0 bridgehead atoms. The summed E-state index contributed by atoms with van der Waals surface area (Å²) >= 11 is -2.55. The maximum Gasteiger partial charge on any atom is 0.226 e. The second-order valence-corrected chi connectivity index (χ2v) is 8.99. The Labute approximate surface area is 155 Å². The average molecular weight is 401 g/mol. The fourth-order valence-corrected chi connectivity index (χ4v) is 4.53. The summed E-state index contributed by atoms with van der Waals surface area (Å²) in [7, 11) is -3.08. The lowest BCUT2D eigenvalue weighted by Gasteiger charge is -2.39. The molecule has 2 aliphatic rings. The first-order chi connectivity index (χ1) is 12.3. The molecule has 0 N–H and O–H groups in total. The summed E-state index contributed by atoms with van der Waals surface area (Å²) in [4.78, 5) is 13.9. The Hall–Kier alpha value is -1.91. The van der Waals surface area contributed by atoms with Crippen molar-refractivity contribution in [3.8, 4) is 0 Å². The number of carbonyl (C=O) groups excluding carboxylic acids is 1. The van der Waals surface area contributed by atoms with Gasteiger partial charge in [0.15, 0.2) is 9.84 Å². The van der Waals surface area contributed by atoms with E-state index < -0.39 is 27.2 Å². The zero-order chi connectivity index (χ0) is 19.3. The third kappa shape index (κ3) is 5.05. The molecule has 2 rings (SSSR count). The van der Waals surface area contributed by atoms with Crippen molar-refractivity contribution in [2.24, 2.45) is 0 Å². The van der Waals surface area contributed by atoms with E-state index in [-0.39, 0.29) is 49.2 Å². The van der Waals surface area contributed by atoms with Gasteiger partial charge in [0.05, 0.1) is 30.2 Å². The van der Waals surface area contributed by atoms with Gasteiger partial charge in [-0.15, -0.1) is 0 Å². The molecule has 10 heteroatoms. The number of ether oxygens (including phenoxy) is 1. The Kier molecular flexibility index (Phi) is 6.79. The van der Waals surface area contributed by atoms with Crippen molar-refractivity contribution in [1.82, 2.24) is 9.21 Å². The quantitative estimate of drug-likeness (QED) is 0.612. The molecule has 144 valence electrons. The molecule has 0 aromatic heterocycles. The van der Waals surface area contributed by atoms with Crippen LogP contribution in [0.4, 0.5) is 0 Å². The first-order valence-electron chi connectivity index (χ1n) is 7.95. The van der Waals surface area contributed by atoms with E-state index in [1.807, 2.05) is 0 Å². The van der Waals surface area contributed by atoms with Gasteiger partial charge in [-0.05, 0) is 12.2 Å². The lowest BCUT2D eigenvalue weighted by atomic mass is 10.1. The van der Waals surface area contributed by atoms with Gasteiger partial charge in [-0.2, -0.15) is 0 Å². The van der Waals surface area contributed by atoms with Crippen molar-refractivity contribution in [2.75, 3.05) is 31.1 Å². The summed E-state index contributed by atoms with van der Waals surface area (Å²) in [5.41, 5.74) is 0.306. The highest BCUT2D eigenvalue weighted by atomic mass is 32.2. The topological polar surface area (TPSA) is 107 Å². The zero-order valence-electron chi connectivity index (χ0n) is 14.2. The lowest BCUT2D eigenvalue weighted by Crippen LogP contribution is -2.47. The van der Waals surface area contributed by atoms with E-state index >= 15 is 0 Å². The standard InChI is InChI=1S/C16H22N2O6S2/c1-3-5-14-15(6-4-2)24-13(12-18(14)25(20)21)11-16(19)17-7-9-26(22,23)10-8-17/h3-6,13H,1-2,7-12H2,(H,20,21)/p-1/b14-5+,15-6+. The molecule has 1 amide bonds. The van der Waals surface area contributed by atoms with Gasteiger partial charge in [-0.25, -0.2) is 8.42 Å². The largest absolute Gasteiger partial charge is 0.755 e. The molecule has 0 aromatic rings. The summed E-state index contributed by atoms with van der Waals surface area (Å²) < 4.78 is 53.0. The molecule has 2 unspecified atom stereocenters. The minimum Gasteiger partial charge on any atom is -0.755 e. The second kappa shape index (κ2) is 8.65. The van der Waals surface area contributed by atoms with Gasteiger partial charge in [0, 0.05) is 24.4 Å². The van der Waals surface area contributed by atoms with Gasteiger partial charge >= 0.3 is 0 Å². The van der Waals surface area contributed by atoms with E-state index in [9.17, 15) is 22.0 Å². The van der Waals surface area contributed by atoms with Gasteiger partial charge in [0.25, 0.3) is 0 Å². The molecule has 2 atom stereocenters. The van der Waals surface area contributed by atoms with Gasteiger partial charge in [0.1, 0.15) is 11.9 Å². The number of allylic oxidation sites excluding steroid dienone is 4. The van der Waals surface area contributed by atoms with Gasteiger partial charge in [-0.1, -0.05) is 25.3 Å². The minimum absolute atomic E-state index is 0.0256. The molecule has 0 saturated carbocycles. The number of nitrogens with zero attached hydrogens (tertiary/aromatic N) is 2. The van der Waals surface area contributed by atoms with Crippen LogP contribution in [0, 0.1) is 0 Å². The molecule has 2 fully saturated rings. The second-order valence-electron chi connectivity index (χ2n) is 5.81. The van der Waals surface area contributed by atoms with Crippen LogP contribution in [-0.4, -0.2) is 69.5 Å². The summed E-state index contributed by atoms with van der Waals surface area (Å²) in [6, 6.07) is 0. The summed E-state index contributed by atoms with van der Waals surface area (Å²) in [5.74, 6) is -0.117. The van der Waals surface area contributed by atoms with Crippen molar-refractivity contribution >= 4 is 27.0 Å². The number of rotatable bonds is 5. The van der Waals surface area contributed by atoms with Crippen LogP contribution in [0.2, 0.25) is 0 Å². The predicted octanol–water partition coefficient (Wildman–Crippen LogP) is 0.268. The number of carbonyl (C=O) groups is 1. The third-order valence-electron chi connectivity index (χ3n) is 4.01. The number of hydrogen-bond acceptors (Lipinski definition) is 6. The predicted molar refractivity (Wildman–Crippen MR) is 96.9 cm³/mol. The van der Waals surface area contributed by atoms with Crippen molar-refractivity contribution < 1.29 is 26.7 Å². The Balaban J connectivity index is 2.12. The van der Waals surface area contributed by atoms with E-state index in [2.05, 4.69) is 13.2 Å². The van der Waals surface area contributed by atoms with Crippen molar-refractivity contribution in [1.29, 1.82) is 0 Å². The number of amides is 1. The van der Waals surface area contributed by atoms with Crippen LogP contribution in [0.5, 0.6) is 0 Å². The molecule has 26 heavy (non-hydrogen) atoms. The van der Waals surface area contributed by atoms with E-state index in [1.54, 1.807) is 0 Å². The molecule has 0 aromatic carbocycles. The van der Waals surface area contributed by atoms with Gasteiger partial charge < -0.3 is 14.2 Å². The fraction of sp³-hybridized carbons (Fsp3) is 0.438. The maximum absolute atomic E-state index is 12.4. The molecule has 0 spiro atoms. The highest BCUT2D eigenvalue weighted by molar-refractivity contribution is 7.91. The van der Waals surface area contributed by atoms with Crippen LogP contribution < -0.4 is 0 Å². The van der Waals surface area contributed by atoms with Crippen molar-refractivity contribution in [3.05, 3.63) is 48.9 Å². The summed E-state index contributed by atoms with van der Waals surface area (Å²) in [6.45, 7) is 7.40. The molecule has 2 aliphatic heterocycles. The Morgan fingerprint density at radius 3 is 2.42 bits per heavy atom. The molecule has 2 heterocycles. The third-order valence-corrected chi connectivity index (χ3v) is 6.32. The van der Waals surface area contributed by atoms with E-state index in [0.29, 0.717) is 5.70 Å². The summed E-state index contributed by atoms with van der Waals surface area (Å²) in [5, 5.41) is 0. The first kappa shape index (κ1) is 20.4. The number of sulfone groups is 1. The van der Waals surface area contributed by atoms with Crippen molar-refractivity contribution in [2.45, 2.75) is 12.5 Å². The van der Waals surface area contributed by atoms with Gasteiger partial charge in [-0.3, -0.25) is 13.3 Å². The monoisotopic (exact) mass is 401 g/mol. The Morgan fingerprint density at radius 2 is 1.88 bits per heavy atom. The SMILES string of the molecule is C=C/C=C1/OC(CC(=O)N2CCS(=O)(=O)CC2)CN(S(=O)[O-])/C1=C/C=C. The van der Waals surface area contributed by atoms with Crippen LogP contribution >= 0.6 is 0 Å². The first-order valence-corrected chi connectivity index (χ1v) is 10.8. The van der Waals surface area contributed by atoms with Crippen LogP contribution in [0.1, 0.15) is 6.42 Å². The minimum atomic E-state index is -3.08. The van der Waals surface area contributed by atoms with Crippen molar-refractivity contribution in [3.63, 3.8) is 0 Å². The van der Waals surface area contributed by atoms with Crippen LogP contribution in [-0.2, 0) is 30.6 Å². The van der Waals surface area contributed by atoms with E-state index in [0.717, 1.165) is 4.31 Å². The maximum atomic E-state index is 12.4. The van der Waals surface area contributed by atoms with Gasteiger partial charge in [0.2, 0.25) is 5.91 Å². The normalized spacial score (nSPS) is 27.0. The fourth-order valence-electron chi connectivity index (χ4n) is 2.73. The number of morpholine rings is 1. The molecule has 0 radical (unpaired) electrons. The van der Waals surface area contributed by atoms with Crippen LogP contribution in [0.25, 0.3) is 0 Å². The zero-order valence-corrected chi connectivity index (χ0v) is 15.8. The average Bonchev–Trinajstić information content (AvgIpc) is 2.56. The molecule has 8 nitrogen and oxygen atoms in total. The Morgan fingerprint density at radius 1 is 1.27 bits per heavy atom. The highest BCUT2D eigenvalue weighted by Gasteiger charge is 2.32. The van der Waals surface area contributed by atoms with Crippen LogP contribution in [0.3, 0.4) is 0 Å². The van der Waals surface area contributed by atoms with E-state index in [1.165, 1.54) is 29.2 Å². The molecule has 0 aliphatic carbocycles. The number of hydrogen-bond donors (Lipinski definition) is 0. The van der Waals surface area contributed by atoms with Crippen LogP contribution in [0.15, 0.2) is 48.9 Å². The smallest absolute Gasteiger partial charge is 0.226 e. The molecule has 2 saturated heterocycles. The Bertz CT molecular complexity index is 758.